The molecule has 0 saturated carbocycles. The van der Waals surface area contributed by atoms with Crippen LogP contribution in [0.1, 0.15) is 44.1 Å². The minimum atomic E-state index is -0.387. The standard InChI is InChI=1S/C27H25ClN2O3S/c1-17(19-10-12-20(13-11-19)27(32)33-3)29-26(31)25-24(22-6-4-5-7-23(22)34-25)30(2)16-18-8-14-21(28)15-9-18/h4-15,17H,16H2,1-3H3,(H,29,31)/t17-/m0/s1. The van der Waals surface area contributed by atoms with Gasteiger partial charge in [-0.1, -0.05) is 54.1 Å². The molecular weight excluding hydrogens is 468 g/mol. The Hall–Kier alpha value is -3.35. The van der Waals surface area contributed by atoms with Crippen LogP contribution in [-0.2, 0) is 11.3 Å². The first-order valence-corrected chi connectivity index (χ1v) is 12.0. The highest BCUT2D eigenvalue weighted by Gasteiger charge is 2.23. The van der Waals surface area contributed by atoms with Gasteiger partial charge in [-0.05, 0) is 48.4 Å². The maximum absolute atomic E-state index is 13.4. The van der Waals surface area contributed by atoms with Crippen molar-refractivity contribution in [1.82, 2.24) is 5.32 Å². The molecule has 4 aromatic rings. The number of nitrogens with zero attached hydrogens (tertiary/aromatic N) is 1. The number of amides is 1. The second-order valence-electron chi connectivity index (χ2n) is 8.07. The van der Waals surface area contributed by atoms with E-state index in [1.807, 2.05) is 74.6 Å². The number of anilines is 1. The van der Waals surface area contributed by atoms with Crippen LogP contribution in [0.3, 0.4) is 0 Å². The highest BCUT2D eigenvalue weighted by molar-refractivity contribution is 7.21. The third kappa shape index (κ3) is 5.08. The van der Waals surface area contributed by atoms with Gasteiger partial charge < -0.3 is 15.0 Å². The molecule has 1 amide bonds. The van der Waals surface area contributed by atoms with E-state index < -0.39 is 0 Å². The minimum absolute atomic E-state index is 0.135. The molecule has 0 bridgehead atoms. The molecule has 0 spiro atoms. The van der Waals surface area contributed by atoms with Crippen LogP contribution in [0.4, 0.5) is 5.69 Å². The molecule has 0 radical (unpaired) electrons. The first-order valence-electron chi connectivity index (χ1n) is 10.8. The SMILES string of the molecule is COC(=O)c1ccc([C@H](C)NC(=O)c2sc3ccccc3c2N(C)Cc2ccc(Cl)cc2)cc1. The summed E-state index contributed by atoms with van der Waals surface area (Å²) in [5.41, 5.74) is 3.38. The fraction of sp³-hybridized carbons (Fsp3) is 0.185. The molecule has 0 aliphatic rings. The van der Waals surface area contributed by atoms with Crippen molar-refractivity contribution in [3.05, 3.63) is 99.4 Å². The van der Waals surface area contributed by atoms with Gasteiger partial charge in [-0.2, -0.15) is 0 Å². The Labute approximate surface area is 207 Å². The first-order chi connectivity index (χ1) is 16.4. The molecular formula is C27H25ClN2O3S. The van der Waals surface area contributed by atoms with Crippen LogP contribution in [0.25, 0.3) is 10.1 Å². The highest BCUT2D eigenvalue weighted by Crippen LogP contribution is 2.38. The van der Waals surface area contributed by atoms with Gasteiger partial charge in [0, 0.05) is 28.7 Å². The number of thiophene rings is 1. The number of hydrogen-bond donors (Lipinski definition) is 1. The average molecular weight is 493 g/mol. The summed E-state index contributed by atoms with van der Waals surface area (Å²) in [7, 11) is 3.35. The minimum Gasteiger partial charge on any atom is -0.465 e. The Morgan fingerprint density at radius 1 is 1.03 bits per heavy atom. The van der Waals surface area contributed by atoms with E-state index in [2.05, 4.69) is 10.2 Å². The molecule has 174 valence electrons. The molecule has 5 nitrogen and oxygen atoms in total. The molecule has 0 unspecified atom stereocenters. The van der Waals surface area contributed by atoms with Crippen LogP contribution in [-0.4, -0.2) is 26.0 Å². The maximum atomic E-state index is 13.4. The summed E-state index contributed by atoms with van der Waals surface area (Å²) in [5.74, 6) is -0.523. The molecule has 1 aromatic heterocycles. The number of methoxy groups -OCH3 is 1. The molecule has 34 heavy (non-hydrogen) atoms. The van der Waals surface area contributed by atoms with E-state index in [9.17, 15) is 9.59 Å². The number of carbonyl (C=O) groups is 2. The van der Waals surface area contributed by atoms with E-state index >= 15 is 0 Å². The van der Waals surface area contributed by atoms with Gasteiger partial charge in [0.15, 0.2) is 0 Å². The van der Waals surface area contributed by atoms with Crippen molar-refractivity contribution in [1.29, 1.82) is 0 Å². The molecule has 0 aliphatic heterocycles. The number of esters is 1. The average Bonchev–Trinajstić information content (AvgIpc) is 3.25. The van der Waals surface area contributed by atoms with Crippen molar-refractivity contribution in [2.45, 2.75) is 19.5 Å². The topological polar surface area (TPSA) is 58.6 Å². The van der Waals surface area contributed by atoms with Gasteiger partial charge in [0.25, 0.3) is 5.91 Å². The summed E-state index contributed by atoms with van der Waals surface area (Å²) in [5, 5.41) is 4.85. The largest absolute Gasteiger partial charge is 0.465 e. The second-order valence-corrected chi connectivity index (χ2v) is 9.56. The molecule has 3 aromatic carbocycles. The summed E-state index contributed by atoms with van der Waals surface area (Å²) in [6.07, 6.45) is 0. The van der Waals surface area contributed by atoms with Crippen molar-refractivity contribution >= 4 is 50.6 Å². The van der Waals surface area contributed by atoms with E-state index in [0.29, 0.717) is 22.0 Å². The third-order valence-corrected chi connectivity index (χ3v) is 7.08. The van der Waals surface area contributed by atoms with Gasteiger partial charge >= 0.3 is 5.97 Å². The van der Waals surface area contributed by atoms with Crippen molar-refractivity contribution < 1.29 is 14.3 Å². The molecule has 7 heteroatoms. The molecule has 0 fully saturated rings. The van der Waals surface area contributed by atoms with Crippen LogP contribution >= 0.6 is 22.9 Å². The van der Waals surface area contributed by atoms with Crippen molar-refractivity contribution in [3.8, 4) is 0 Å². The fourth-order valence-electron chi connectivity index (χ4n) is 3.88. The predicted octanol–water partition coefficient (Wildman–Crippen LogP) is 6.47. The second kappa shape index (κ2) is 10.3. The van der Waals surface area contributed by atoms with Gasteiger partial charge in [0.2, 0.25) is 0 Å². The van der Waals surface area contributed by atoms with Gasteiger partial charge in [0.1, 0.15) is 4.88 Å². The van der Waals surface area contributed by atoms with Gasteiger partial charge in [-0.3, -0.25) is 4.79 Å². The number of halogens is 1. The molecule has 0 saturated heterocycles. The summed E-state index contributed by atoms with van der Waals surface area (Å²) >= 11 is 7.52. The molecule has 1 N–H and O–H groups in total. The Morgan fingerprint density at radius 2 is 1.71 bits per heavy atom. The zero-order chi connectivity index (χ0) is 24.2. The van der Waals surface area contributed by atoms with Gasteiger partial charge in [0.05, 0.1) is 24.4 Å². The summed E-state index contributed by atoms with van der Waals surface area (Å²) in [6.45, 7) is 2.57. The quantitative estimate of drug-likeness (QED) is 0.300. The van der Waals surface area contributed by atoms with E-state index in [-0.39, 0.29) is 17.9 Å². The zero-order valence-corrected chi connectivity index (χ0v) is 20.7. The van der Waals surface area contributed by atoms with Crippen LogP contribution in [0, 0.1) is 0 Å². The third-order valence-electron chi connectivity index (χ3n) is 5.67. The Bertz CT molecular complexity index is 1320. The normalized spacial score (nSPS) is 11.8. The van der Waals surface area contributed by atoms with Gasteiger partial charge in [-0.25, -0.2) is 4.79 Å². The van der Waals surface area contributed by atoms with Gasteiger partial charge in [-0.15, -0.1) is 11.3 Å². The van der Waals surface area contributed by atoms with Crippen molar-refractivity contribution in [3.63, 3.8) is 0 Å². The summed E-state index contributed by atoms with van der Waals surface area (Å²) < 4.78 is 5.81. The Balaban J connectivity index is 1.59. The fourth-order valence-corrected chi connectivity index (χ4v) is 5.16. The molecule has 1 heterocycles. The number of rotatable bonds is 7. The van der Waals surface area contributed by atoms with Crippen LogP contribution in [0.5, 0.6) is 0 Å². The van der Waals surface area contributed by atoms with Crippen molar-refractivity contribution in [2.24, 2.45) is 0 Å². The number of ether oxygens (including phenoxy) is 1. The monoisotopic (exact) mass is 492 g/mol. The predicted molar refractivity (Wildman–Crippen MR) is 139 cm³/mol. The zero-order valence-electron chi connectivity index (χ0n) is 19.2. The lowest BCUT2D eigenvalue weighted by molar-refractivity contribution is 0.0600. The lowest BCUT2D eigenvalue weighted by atomic mass is 10.1. The number of benzene rings is 3. The van der Waals surface area contributed by atoms with E-state index in [0.717, 1.165) is 26.9 Å². The van der Waals surface area contributed by atoms with E-state index in [1.54, 1.807) is 12.1 Å². The summed E-state index contributed by atoms with van der Waals surface area (Å²) in [4.78, 5) is 27.9. The van der Waals surface area contributed by atoms with Crippen LogP contribution in [0.2, 0.25) is 5.02 Å². The molecule has 1 atom stereocenters. The Kier molecular flexibility index (Phi) is 7.20. The Morgan fingerprint density at radius 3 is 2.38 bits per heavy atom. The summed E-state index contributed by atoms with van der Waals surface area (Å²) in [6, 6.07) is 22.6. The highest BCUT2D eigenvalue weighted by atomic mass is 35.5. The molecule has 0 aliphatic carbocycles. The lowest BCUT2D eigenvalue weighted by Crippen LogP contribution is -2.28. The number of carbonyl (C=O) groups excluding carboxylic acids is 2. The van der Waals surface area contributed by atoms with Crippen LogP contribution < -0.4 is 10.2 Å². The molecule has 4 rings (SSSR count). The van der Waals surface area contributed by atoms with E-state index in [1.165, 1.54) is 18.4 Å². The van der Waals surface area contributed by atoms with Crippen LogP contribution in [0.15, 0.2) is 72.8 Å². The number of nitrogens with one attached hydrogen (secondary N) is 1. The van der Waals surface area contributed by atoms with Crippen molar-refractivity contribution in [2.75, 3.05) is 19.1 Å². The lowest BCUT2D eigenvalue weighted by Gasteiger charge is -2.21. The number of fused-ring (bicyclic) bond motifs is 1. The number of hydrogen-bond acceptors (Lipinski definition) is 5. The van der Waals surface area contributed by atoms with E-state index in [4.69, 9.17) is 16.3 Å². The maximum Gasteiger partial charge on any atom is 0.337 e. The smallest absolute Gasteiger partial charge is 0.337 e. The first kappa shape index (κ1) is 23.8.